The minimum absolute atomic E-state index is 0.0649. The molecule has 3 heterocycles. The van der Waals surface area contributed by atoms with Crippen molar-refractivity contribution in [2.24, 2.45) is 0 Å². The van der Waals surface area contributed by atoms with E-state index in [-0.39, 0.29) is 12.5 Å². The molecule has 0 spiro atoms. The van der Waals surface area contributed by atoms with Crippen molar-refractivity contribution in [3.05, 3.63) is 71.5 Å². The van der Waals surface area contributed by atoms with Gasteiger partial charge in [0.05, 0.1) is 18.3 Å². The van der Waals surface area contributed by atoms with E-state index in [0.29, 0.717) is 12.8 Å². The Balaban J connectivity index is 1.55. The molecule has 2 aliphatic heterocycles. The van der Waals surface area contributed by atoms with Crippen LogP contribution in [0.15, 0.2) is 59.2 Å². The van der Waals surface area contributed by atoms with Crippen molar-refractivity contribution in [1.82, 2.24) is 4.90 Å². The van der Waals surface area contributed by atoms with Gasteiger partial charge in [-0.15, -0.1) is 0 Å². The average Bonchev–Trinajstić information content (AvgIpc) is 3.41. The lowest BCUT2D eigenvalue weighted by molar-refractivity contribution is -0.162. The van der Waals surface area contributed by atoms with Gasteiger partial charge in [-0.1, -0.05) is 42.5 Å². The number of hydrogen-bond acceptors (Lipinski definition) is 5. The van der Waals surface area contributed by atoms with Crippen molar-refractivity contribution in [2.45, 2.75) is 37.0 Å². The van der Waals surface area contributed by atoms with Crippen molar-refractivity contribution in [3.63, 3.8) is 0 Å². The topological polar surface area (TPSA) is 83.1 Å². The summed E-state index contributed by atoms with van der Waals surface area (Å²) in [4.78, 5) is 13.7. The first-order valence-electron chi connectivity index (χ1n) is 9.46. The molecule has 28 heavy (non-hydrogen) atoms. The summed E-state index contributed by atoms with van der Waals surface area (Å²) in [5.41, 5.74) is 2.58. The van der Waals surface area contributed by atoms with Gasteiger partial charge in [-0.3, -0.25) is 4.79 Å². The predicted molar refractivity (Wildman–Crippen MR) is 103 cm³/mol. The molecule has 1 fully saturated rings. The molecule has 6 nitrogen and oxygen atoms in total. The van der Waals surface area contributed by atoms with Crippen LogP contribution in [-0.4, -0.2) is 34.4 Å². The van der Waals surface area contributed by atoms with Gasteiger partial charge in [-0.2, -0.15) is 0 Å². The molecule has 1 amide bonds. The Morgan fingerprint density at radius 1 is 1.21 bits per heavy atom. The number of para-hydroxylation sites is 1. The number of carbonyl (C=O) groups excluding carboxylic acids is 1. The molecule has 0 unspecified atom stereocenters. The minimum atomic E-state index is -1.72. The molecule has 142 valence electrons. The fourth-order valence-corrected chi connectivity index (χ4v) is 4.75. The predicted octanol–water partition coefficient (Wildman–Crippen LogP) is 2.53. The lowest BCUT2D eigenvalue weighted by Gasteiger charge is -2.41. The lowest BCUT2D eigenvalue weighted by atomic mass is 9.73. The fraction of sp³-hybridized carbons (Fsp3) is 0.286. The SMILES string of the molecule is O=CN([C@@H](Cc1coc2ccccc12)B(O)O)[C@]12CC[C@H](O1)c1ccccc12. The Bertz CT molecular complexity index is 1030. The smallest absolute Gasteiger partial charge is 0.464 e. The van der Waals surface area contributed by atoms with Crippen molar-refractivity contribution in [3.8, 4) is 0 Å². The van der Waals surface area contributed by atoms with Crippen LogP contribution in [0.2, 0.25) is 0 Å². The van der Waals surface area contributed by atoms with E-state index >= 15 is 0 Å². The van der Waals surface area contributed by atoms with Crippen LogP contribution in [0.4, 0.5) is 0 Å². The van der Waals surface area contributed by atoms with Gasteiger partial charge in [0, 0.05) is 17.4 Å². The first-order valence-corrected chi connectivity index (χ1v) is 9.46. The summed E-state index contributed by atoms with van der Waals surface area (Å²) >= 11 is 0. The molecule has 2 bridgehead atoms. The van der Waals surface area contributed by atoms with E-state index in [2.05, 4.69) is 0 Å². The number of carbonyl (C=O) groups is 1. The third kappa shape index (κ3) is 2.44. The van der Waals surface area contributed by atoms with Crippen LogP contribution in [0.25, 0.3) is 11.0 Å². The van der Waals surface area contributed by atoms with Gasteiger partial charge >= 0.3 is 7.12 Å². The van der Waals surface area contributed by atoms with Crippen molar-refractivity contribution >= 4 is 24.5 Å². The molecule has 2 N–H and O–H groups in total. The van der Waals surface area contributed by atoms with Crippen LogP contribution in [0.1, 0.15) is 35.6 Å². The second-order valence-electron chi connectivity index (χ2n) is 7.47. The second-order valence-corrected chi connectivity index (χ2v) is 7.47. The van der Waals surface area contributed by atoms with Gasteiger partial charge in [0.1, 0.15) is 5.58 Å². The largest absolute Gasteiger partial charge is 0.476 e. The quantitative estimate of drug-likeness (QED) is 0.510. The minimum Gasteiger partial charge on any atom is -0.464 e. The Labute approximate surface area is 162 Å². The summed E-state index contributed by atoms with van der Waals surface area (Å²) in [6.45, 7) is 0. The number of hydrogen-bond donors (Lipinski definition) is 2. The summed E-state index contributed by atoms with van der Waals surface area (Å²) in [5.74, 6) is -0.872. The van der Waals surface area contributed by atoms with E-state index in [1.807, 2.05) is 48.5 Å². The highest BCUT2D eigenvalue weighted by atomic mass is 16.5. The number of furan rings is 1. The van der Waals surface area contributed by atoms with E-state index in [9.17, 15) is 14.8 Å². The lowest BCUT2D eigenvalue weighted by Crippen LogP contribution is -2.56. The summed E-state index contributed by atoms with van der Waals surface area (Å²) in [6, 6.07) is 15.4. The first-order chi connectivity index (χ1) is 13.6. The molecular weight excluding hydrogens is 357 g/mol. The highest BCUT2D eigenvalue weighted by molar-refractivity contribution is 6.43. The summed E-state index contributed by atoms with van der Waals surface area (Å²) in [5, 5.41) is 21.3. The van der Waals surface area contributed by atoms with E-state index < -0.39 is 18.8 Å². The first kappa shape index (κ1) is 17.5. The van der Waals surface area contributed by atoms with Gasteiger partial charge in [-0.05, 0) is 30.0 Å². The molecule has 3 aromatic rings. The molecule has 1 saturated heterocycles. The monoisotopic (exact) mass is 377 g/mol. The number of fused-ring (bicyclic) bond motifs is 6. The fourth-order valence-electron chi connectivity index (χ4n) is 4.75. The zero-order valence-corrected chi connectivity index (χ0v) is 15.2. The van der Waals surface area contributed by atoms with Crippen molar-refractivity contribution in [1.29, 1.82) is 0 Å². The van der Waals surface area contributed by atoms with E-state index in [1.165, 1.54) is 4.90 Å². The zero-order valence-electron chi connectivity index (χ0n) is 15.2. The summed E-state index contributed by atoms with van der Waals surface area (Å²) < 4.78 is 11.9. The van der Waals surface area contributed by atoms with Crippen LogP contribution in [0, 0.1) is 0 Å². The van der Waals surface area contributed by atoms with Crippen LogP contribution < -0.4 is 0 Å². The normalized spacial score (nSPS) is 23.6. The zero-order chi connectivity index (χ0) is 19.3. The third-order valence-electron chi connectivity index (χ3n) is 6.03. The molecule has 0 aliphatic carbocycles. The van der Waals surface area contributed by atoms with E-state index in [0.717, 1.165) is 34.1 Å². The molecule has 0 saturated carbocycles. The van der Waals surface area contributed by atoms with E-state index in [1.54, 1.807) is 6.26 Å². The number of nitrogens with zero attached hydrogens (tertiary/aromatic N) is 1. The number of amides is 1. The number of rotatable bonds is 6. The molecule has 2 aliphatic rings. The van der Waals surface area contributed by atoms with Crippen molar-refractivity contribution in [2.75, 3.05) is 0 Å². The Morgan fingerprint density at radius 3 is 2.82 bits per heavy atom. The van der Waals surface area contributed by atoms with Crippen LogP contribution in [0.5, 0.6) is 0 Å². The third-order valence-corrected chi connectivity index (χ3v) is 6.03. The molecular formula is C21H20BNO5. The maximum atomic E-state index is 12.2. The van der Waals surface area contributed by atoms with Crippen LogP contribution >= 0.6 is 0 Å². The maximum absolute atomic E-state index is 12.2. The van der Waals surface area contributed by atoms with Gasteiger partial charge in [0.25, 0.3) is 0 Å². The standard InChI is InChI=1S/C21H20BNO5/c24-13-23(21-10-9-19(28-21)16-6-1-3-7-17(16)21)20(22(25)26)11-14-12-27-18-8-4-2-5-15(14)18/h1-8,12-13,19-20,25-26H,9-11H2/t19-,20-,21+/m0/s1. The van der Waals surface area contributed by atoms with E-state index in [4.69, 9.17) is 9.15 Å². The summed E-state index contributed by atoms with van der Waals surface area (Å²) in [6.07, 6.45) is 3.89. The highest BCUT2D eigenvalue weighted by Crippen LogP contribution is 2.56. The van der Waals surface area contributed by atoms with Crippen LogP contribution in [0.3, 0.4) is 0 Å². The Morgan fingerprint density at radius 2 is 2.00 bits per heavy atom. The Kier molecular flexibility index (Phi) is 4.05. The number of ether oxygens (including phenoxy) is 1. The van der Waals surface area contributed by atoms with Gasteiger partial charge in [-0.25, -0.2) is 0 Å². The highest BCUT2D eigenvalue weighted by Gasteiger charge is 2.56. The van der Waals surface area contributed by atoms with Gasteiger partial charge in [0.15, 0.2) is 5.72 Å². The molecule has 0 radical (unpaired) electrons. The van der Waals surface area contributed by atoms with Gasteiger partial charge in [0.2, 0.25) is 6.41 Å². The maximum Gasteiger partial charge on any atom is 0.476 e. The molecule has 7 heteroatoms. The molecule has 1 aromatic heterocycles. The summed E-state index contributed by atoms with van der Waals surface area (Å²) in [7, 11) is -1.72. The molecule has 2 aromatic carbocycles. The van der Waals surface area contributed by atoms with Crippen LogP contribution in [-0.2, 0) is 21.7 Å². The number of benzene rings is 2. The van der Waals surface area contributed by atoms with Gasteiger partial charge < -0.3 is 24.1 Å². The van der Waals surface area contributed by atoms with Crippen molar-refractivity contribution < 1.29 is 24.0 Å². The second kappa shape index (κ2) is 6.48. The Hall–Kier alpha value is -2.61. The molecule has 3 atom stereocenters. The average molecular weight is 377 g/mol. The molecule has 5 rings (SSSR count).